The average Bonchev–Trinajstić information content (AvgIpc) is 3.23. The summed E-state index contributed by atoms with van der Waals surface area (Å²) in [4.78, 5) is 4.78. The van der Waals surface area contributed by atoms with Crippen LogP contribution < -0.4 is 0 Å². The molecule has 29 heavy (non-hydrogen) atoms. The lowest BCUT2D eigenvalue weighted by Gasteiger charge is -2.14. The van der Waals surface area contributed by atoms with Crippen LogP contribution in [0.2, 0.25) is 0 Å². The molecule has 0 N–H and O–H groups in total. The highest BCUT2D eigenvalue weighted by molar-refractivity contribution is 6.00. The zero-order valence-electron chi connectivity index (χ0n) is 16.2. The molecule has 4 aromatic carbocycles. The first-order chi connectivity index (χ1) is 14.4. The molecule has 1 aliphatic rings. The van der Waals surface area contributed by atoms with E-state index in [2.05, 4.69) is 91.0 Å². The topological polar surface area (TPSA) is 12.9 Å². The van der Waals surface area contributed by atoms with E-state index in [1.165, 1.54) is 50.2 Å². The number of benzene rings is 4. The molecule has 0 bridgehead atoms. The van der Waals surface area contributed by atoms with Gasteiger partial charge in [-0.05, 0) is 51.8 Å². The quantitative estimate of drug-likeness (QED) is 0.321. The fraction of sp³-hybridized carbons (Fsp3) is 0.107. The Kier molecular flexibility index (Phi) is 3.73. The number of hydrogen-bond acceptors (Lipinski definition) is 1. The first-order valence-electron chi connectivity index (χ1n) is 10.3. The Morgan fingerprint density at radius 3 is 2.41 bits per heavy atom. The van der Waals surface area contributed by atoms with Crippen LogP contribution in [0.5, 0.6) is 0 Å². The molecular weight excluding hydrogens is 350 g/mol. The van der Waals surface area contributed by atoms with Crippen LogP contribution in [0.3, 0.4) is 0 Å². The predicted octanol–water partition coefficient (Wildman–Crippen LogP) is 7.13. The predicted molar refractivity (Wildman–Crippen MR) is 121 cm³/mol. The molecule has 1 atom stereocenters. The molecule has 0 amide bonds. The largest absolute Gasteiger partial charge is 0.256 e. The average molecular weight is 371 g/mol. The molecule has 0 fully saturated rings. The molecular formula is C28H21N. The fourth-order valence-corrected chi connectivity index (χ4v) is 4.97. The van der Waals surface area contributed by atoms with Crippen molar-refractivity contribution < 1.29 is 0 Å². The van der Waals surface area contributed by atoms with E-state index >= 15 is 0 Å². The van der Waals surface area contributed by atoms with Crippen molar-refractivity contribution >= 4 is 21.5 Å². The number of hydrogen-bond donors (Lipinski definition) is 0. The Morgan fingerprint density at radius 2 is 1.52 bits per heavy atom. The van der Waals surface area contributed by atoms with Gasteiger partial charge >= 0.3 is 0 Å². The molecule has 0 spiro atoms. The summed E-state index contributed by atoms with van der Waals surface area (Å²) in [5.41, 5.74) is 6.70. The van der Waals surface area contributed by atoms with Crippen LogP contribution >= 0.6 is 0 Å². The number of aromatic nitrogens is 1. The molecule has 5 aromatic rings. The Balaban J connectivity index is 1.52. The van der Waals surface area contributed by atoms with E-state index in [0.29, 0.717) is 5.92 Å². The number of aryl methyl sites for hydroxylation is 1. The lowest BCUT2D eigenvalue weighted by atomic mass is 9.90. The van der Waals surface area contributed by atoms with E-state index < -0.39 is 0 Å². The minimum Gasteiger partial charge on any atom is -0.256 e. The summed E-state index contributed by atoms with van der Waals surface area (Å²) in [7, 11) is 0. The highest BCUT2D eigenvalue weighted by atomic mass is 14.7. The van der Waals surface area contributed by atoms with Gasteiger partial charge in [0.15, 0.2) is 0 Å². The monoisotopic (exact) mass is 371 g/mol. The summed E-state index contributed by atoms with van der Waals surface area (Å²) in [6, 6.07) is 32.9. The van der Waals surface area contributed by atoms with Crippen LogP contribution in [0.4, 0.5) is 0 Å². The minimum absolute atomic E-state index is 0.512. The van der Waals surface area contributed by atoms with E-state index in [4.69, 9.17) is 4.98 Å². The van der Waals surface area contributed by atoms with Gasteiger partial charge in [-0.25, -0.2) is 0 Å². The highest BCUT2D eigenvalue weighted by Crippen LogP contribution is 2.42. The van der Waals surface area contributed by atoms with Gasteiger partial charge in [0, 0.05) is 23.1 Å². The van der Waals surface area contributed by atoms with Gasteiger partial charge in [-0.15, -0.1) is 0 Å². The van der Waals surface area contributed by atoms with Crippen LogP contribution in [-0.2, 0) is 6.42 Å². The second-order valence-corrected chi connectivity index (χ2v) is 7.95. The number of nitrogens with zero attached hydrogens (tertiary/aromatic N) is 1. The summed E-state index contributed by atoms with van der Waals surface area (Å²) in [6.07, 6.45) is 4.32. The first kappa shape index (κ1) is 16.5. The van der Waals surface area contributed by atoms with Crippen molar-refractivity contribution in [2.45, 2.75) is 18.8 Å². The van der Waals surface area contributed by atoms with Gasteiger partial charge in [-0.1, -0.05) is 84.9 Å². The SMILES string of the molecule is c1ccc(C2CCc3c2ccc2c(-c4cc5ccccc5cn4)cccc32)cc1. The van der Waals surface area contributed by atoms with Gasteiger partial charge in [0.2, 0.25) is 0 Å². The third-order valence-corrected chi connectivity index (χ3v) is 6.38. The number of pyridine rings is 1. The number of fused-ring (bicyclic) bond motifs is 4. The molecule has 6 rings (SSSR count). The number of rotatable bonds is 2. The lowest BCUT2D eigenvalue weighted by Crippen LogP contribution is -1.96. The molecule has 0 radical (unpaired) electrons. The van der Waals surface area contributed by atoms with Crippen LogP contribution in [-0.4, -0.2) is 4.98 Å². The Bertz CT molecular complexity index is 1350. The maximum Gasteiger partial charge on any atom is 0.0714 e. The molecule has 0 aliphatic heterocycles. The minimum atomic E-state index is 0.512. The molecule has 1 heterocycles. The third-order valence-electron chi connectivity index (χ3n) is 6.38. The van der Waals surface area contributed by atoms with Crippen molar-refractivity contribution in [2.75, 3.05) is 0 Å². The smallest absolute Gasteiger partial charge is 0.0714 e. The van der Waals surface area contributed by atoms with Gasteiger partial charge in [0.05, 0.1) is 5.69 Å². The summed E-state index contributed by atoms with van der Waals surface area (Å²) < 4.78 is 0. The molecule has 1 aromatic heterocycles. The van der Waals surface area contributed by atoms with Crippen molar-refractivity contribution in [2.24, 2.45) is 0 Å². The van der Waals surface area contributed by atoms with E-state index in [1.807, 2.05) is 6.20 Å². The van der Waals surface area contributed by atoms with E-state index in [0.717, 1.165) is 12.1 Å². The lowest BCUT2D eigenvalue weighted by molar-refractivity contribution is 0.788. The van der Waals surface area contributed by atoms with Crippen molar-refractivity contribution in [3.05, 3.63) is 114 Å². The van der Waals surface area contributed by atoms with Gasteiger partial charge < -0.3 is 0 Å². The third kappa shape index (κ3) is 2.66. The molecule has 1 aliphatic carbocycles. The zero-order chi connectivity index (χ0) is 19.2. The van der Waals surface area contributed by atoms with Crippen molar-refractivity contribution in [3.63, 3.8) is 0 Å². The maximum atomic E-state index is 4.78. The van der Waals surface area contributed by atoms with E-state index in [9.17, 15) is 0 Å². The molecule has 1 unspecified atom stereocenters. The summed E-state index contributed by atoms with van der Waals surface area (Å²) in [5.74, 6) is 0.512. The summed E-state index contributed by atoms with van der Waals surface area (Å²) >= 11 is 0. The molecule has 0 saturated heterocycles. The van der Waals surface area contributed by atoms with E-state index in [1.54, 1.807) is 0 Å². The molecule has 1 heteroatoms. The fourth-order valence-electron chi connectivity index (χ4n) is 4.97. The van der Waals surface area contributed by atoms with E-state index in [-0.39, 0.29) is 0 Å². The Labute approximate surface area is 170 Å². The van der Waals surface area contributed by atoms with Gasteiger partial charge in [0.25, 0.3) is 0 Å². The van der Waals surface area contributed by atoms with Crippen LogP contribution in [0, 0.1) is 0 Å². The van der Waals surface area contributed by atoms with Gasteiger partial charge in [0.1, 0.15) is 0 Å². The zero-order valence-corrected chi connectivity index (χ0v) is 16.2. The second-order valence-electron chi connectivity index (χ2n) is 7.95. The molecule has 1 nitrogen and oxygen atoms in total. The van der Waals surface area contributed by atoms with Crippen LogP contribution in [0.15, 0.2) is 97.2 Å². The summed E-state index contributed by atoms with van der Waals surface area (Å²) in [5, 5.41) is 5.11. The normalized spacial score (nSPS) is 15.7. The maximum absolute atomic E-state index is 4.78. The van der Waals surface area contributed by atoms with Gasteiger partial charge in [-0.3, -0.25) is 4.98 Å². The summed E-state index contributed by atoms with van der Waals surface area (Å²) in [6.45, 7) is 0. The molecule has 0 saturated carbocycles. The highest BCUT2D eigenvalue weighted by Gasteiger charge is 2.25. The first-order valence-corrected chi connectivity index (χ1v) is 10.3. The standard InChI is InChI=1S/C28H21N/c1-2-7-19(8-3-1)22-13-14-25-23-11-6-12-27(26(23)16-15-24(22)25)28-17-20-9-4-5-10-21(20)18-29-28/h1-12,15-18,22H,13-14H2. The Morgan fingerprint density at radius 1 is 0.690 bits per heavy atom. The van der Waals surface area contributed by atoms with Crippen LogP contribution in [0.25, 0.3) is 32.8 Å². The van der Waals surface area contributed by atoms with Gasteiger partial charge in [-0.2, -0.15) is 0 Å². The van der Waals surface area contributed by atoms with Crippen molar-refractivity contribution in [3.8, 4) is 11.3 Å². The second kappa shape index (κ2) is 6.56. The Hall–Kier alpha value is -3.45. The van der Waals surface area contributed by atoms with Crippen molar-refractivity contribution in [1.82, 2.24) is 4.98 Å². The van der Waals surface area contributed by atoms with Crippen LogP contribution in [0.1, 0.15) is 29.0 Å². The van der Waals surface area contributed by atoms with Crippen molar-refractivity contribution in [1.29, 1.82) is 0 Å². The molecule has 138 valence electrons.